The number of benzene rings is 6. The molecule has 9 rings (SSSR count). The van der Waals surface area contributed by atoms with Crippen LogP contribution in [-0.4, -0.2) is 30.1 Å². The highest BCUT2D eigenvalue weighted by Gasteiger charge is 2.46. The van der Waals surface area contributed by atoms with Crippen LogP contribution >= 0.6 is 0 Å². The SMILES string of the molecule is c1ccc2c(c1)cc([O][Al]([O]c1cc3ccccc3c3cccnc13)[O]c1cc3ccccc3c3cccnc13)c1ncccc12. The molecule has 0 aliphatic rings. The van der Waals surface area contributed by atoms with Crippen molar-refractivity contribution >= 4 is 80.2 Å². The Morgan fingerprint density at radius 1 is 0.348 bits per heavy atom. The molecular formula is C39H24AlN3O3. The fraction of sp³-hybridized carbons (Fsp3) is 0. The lowest BCUT2D eigenvalue weighted by molar-refractivity contribution is 0.311. The molecular weight excluding hydrogens is 585 g/mol. The highest BCUT2D eigenvalue weighted by Crippen LogP contribution is 2.37. The Morgan fingerprint density at radius 2 is 0.652 bits per heavy atom. The quantitative estimate of drug-likeness (QED) is 0.138. The van der Waals surface area contributed by atoms with Crippen LogP contribution in [0.25, 0.3) is 65.0 Å². The maximum atomic E-state index is 6.84. The highest BCUT2D eigenvalue weighted by atomic mass is 27.3. The normalized spacial score (nSPS) is 11.5. The molecule has 0 saturated carbocycles. The third-order valence-corrected chi connectivity index (χ3v) is 9.74. The van der Waals surface area contributed by atoms with Gasteiger partial charge in [-0.1, -0.05) is 91.0 Å². The van der Waals surface area contributed by atoms with Crippen LogP contribution in [0.15, 0.2) is 146 Å². The molecule has 3 heterocycles. The number of aromatic nitrogens is 3. The molecule has 0 spiro atoms. The van der Waals surface area contributed by atoms with Gasteiger partial charge in [0, 0.05) is 34.7 Å². The van der Waals surface area contributed by atoms with Gasteiger partial charge in [-0.15, -0.1) is 0 Å². The van der Waals surface area contributed by atoms with E-state index in [1.807, 2.05) is 72.8 Å². The van der Waals surface area contributed by atoms with E-state index in [0.29, 0.717) is 17.2 Å². The van der Waals surface area contributed by atoms with Crippen molar-refractivity contribution in [2.24, 2.45) is 0 Å². The summed E-state index contributed by atoms with van der Waals surface area (Å²) in [5, 5.41) is 9.44. The topological polar surface area (TPSA) is 66.4 Å². The summed E-state index contributed by atoms with van der Waals surface area (Å²) in [6.07, 6.45) is 5.34. The first-order valence-electron chi connectivity index (χ1n) is 15.1. The van der Waals surface area contributed by atoms with Gasteiger partial charge >= 0.3 is 15.1 Å². The zero-order chi connectivity index (χ0) is 30.5. The Labute approximate surface area is 268 Å². The lowest BCUT2D eigenvalue weighted by Crippen LogP contribution is -2.37. The summed E-state index contributed by atoms with van der Waals surface area (Å²) < 4.78 is 20.5. The summed E-state index contributed by atoms with van der Waals surface area (Å²) in [4.78, 5) is 14.2. The van der Waals surface area contributed by atoms with Crippen molar-refractivity contribution in [3.8, 4) is 17.2 Å². The Kier molecular flexibility index (Phi) is 6.38. The summed E-state index contributed by atoms with van der Waals surface area (Å²) in [5.41, 5.74) is 2.23. The van der Waals surface area contributed by atoms with E-state index >= 15 is 0 Å². The van der Waals surface area contributed by atoms with E-state index in [1.54, 1.807) is 18.6 Å². The molecule has 0 amide bonds. The first-order valence-corrected chi connectivity index (χ1v) is 16.5. The van der Waals surface area contributed by atoms with Gasteiger partial charge in [-0.25, -0.2) is 0 Å². The predicted molar refractivity (Wildman–Crippen MR) is 185 cm³/mol. The standard InChI is InChI=1S/3C13H9NO.Al/c3*15-12-8-9-4-1-2-5-10(9)11-6-3-7-14-13(11)12;/h3*1-8,15H;/q;;;+3/p-3. The number of hydrogen-bond acceptors (Lipinski definition) is 6. The molecule has 9 aromatic rings. The highest BCUT2D eigenvalue weighted by molar-refractivity contribution is 6.41. The van der Waals surface area contributed by atoms with Gasteiger partial charge in [-0.2, -0.15) is 0 Å². The van der Waals surface area contributed by atoms with Gasteiger partial charge in [-0.3, -0.25) is 15.0 Å². The monoisotopic (exact) mass is 609 g/mol. The fourth-order valence-electron chi connectivity index (χ4n) is 6.34. The second kappa shape index (κ2) is 11.0. The van der Waals surface area contributed by atoms with Gasteiger partial charge < -0.3 is 11.4 Å². The Balaban J connectivity index is 1.23. The molecule has 0 N–H and O–H groups in total. The number of nitrogens with zero attached hydrogens (tertiary/aromatic N) is 3. The molecule has 216 valence electrons. The molecule has 6 nitrogen and oxygen atoms in total. The van der Waals surface area contributed by atoms with Crippen LogP contribution < -0.4 is 11.4 Å². The second-order valence-corrected chi connectivity index (χ2v) is 12.4. The van der Waals surface area contributed by atoms with Crippen LogP contribution in [0.3, 0.4) is 0 Å². The Bertz CT molecular complexity index is 2320. The van der Waals surface area contributed by atoms with Gasteiger partial charge in [0.2, 0.25) is 0 Å². The molecule has 46 heavy (non-hydrogen) atoms. The summed E-state index contributed by atoms with van der Waals surface area (Å²) in [5.74, 6) is 1.80. The molecule has 0 bridgehead atoms. The van der Waals surface area contributed by atoms with Crippen molar-refractivity contribution in [3.05, 3.63) is 146 Å². The molecule has 3 aromatic heterocycles. The summed E-state index contributed by atoms with van der Waals surface area (Å²) in [7, 11) is 0. The van der Waals surface area contributed by atoms with E-state index in [2.05, 4.69) is 54.6 Å². The minimum absolute atomic E-state index is 0.599. The van der Waals surface area contributed by atoms with E-state index in [-0.39, 0.29) is 0 Å². The van der Waals surface area contributed by atoms with Gasteiger partial charge in [0.25, 0.3) is 0 Å². The molecule has 0 saturated heterocycles. The number of pyridine rings is 3. The van der Waals surface area contributed by atoms with Gasteiger partial charge in [0.05, 0.1) is 0 Å². The summed E-state index contributed by atoms with van der Waals surface area (Å²) in [6.45, 7) is 0. The molecule has 0 unspecified atom stereocenters. The van der Waals surface area contributed by atoms with Crippen LogP contribution in [0, 0.1) is 0 Å². The lowest BCUT2D eigenvalue weighted by Gasteiger charge is -2.20. The third kappa shape index (κ3) is 4.53. The van der Waals surface area contributed by atoms with Crippen LogP contribution in [0.5, 0.6) is 17.2 Å². The minimum Gasteiger partial charge on any atom is -0.576 e. The molecule has 0 aliphatic carbocycles. The molecule has 7 heteroatoms. The van der Waals surface area contributed by atoms with Crippen molar-refractivity contribution in [3.63, 3.8) is 0 Å². The van der Waals surface area contributed by atoms with E-state index in [4.69, 9.17) is 26.3 Å². The second-order valence-electron chi connectivity index (χ2n) is 11.1. The van der Waals surface area contributed by atoms with E-state index in [0.717, 1.165) is 65.0 Å². The van der Waals surface area contributed by atoms with Crippen molar-refractivity contribution < 1.29 is 11.4 Å². The number of hydrogen-bond donors (Lipinski definition) is 0. The molecule has 0 aliphatic heterocycles. The molecule has 0 fully saturated rings. The van der Waals surface area contributed by atoms with Crippen LogP contribution in [0.1, 0.15) is 0 Å². The van der Waals surface area contributed by atoms with Crippen molar-refractivity contribution in [1.29, 1.82) is 0 Å². The van der Waals surface area contributed by atoms with E-state index < -0.39 is 15.1 Å². The van der Waals surface area contributed by atoms with Crippen molar-refractivity contribution in [1.82, 2.24) is 15.0 Å². The van der Waals surface area contributed by atoms with Crippen molar-refractivity contribution in [2.75, 3.05) is 0 Å². The first-order chi connectivity index (χ1) is 22.8. The maximum Gasteiger partial charge on any atom is 1.20 e. The van der Waals surface area contributed by atoms with E-state index in [9.17, 15) is 0 Å². The fourth-order valence-corrected chi connectivity index (χ4v) is 7.65. The zero-order valence-corrected chi connectivity index (χ0v) is 25.7. The average Bonchev–Trinajstić information content (AvgIpc) is 3.12. The smallest absolute Gasteiger partial charge is 0.576 e. The lowest BCUT2D eigenvalue weighted by atomic mass is 10.0. The van der Waals surface area contributed by atoms with Gasteiger partial charge in [0.15, 0.2) is 0 Å². The number of rotatable bonds is 6. The minimum atomic E-state index is -3.10. The summed E-state index contributed by atoms with van der Waals surface area (Å²) >= 11 is -3.10. The van der Waals surface area contributed by atoms with Gasteiger partial charge in [-0.05, 0) is 68.7 Å². The first kappa shape index (κ1) is 26.6. The Morgan fingerprint density at radius 3 is 1.00 bits per heavy atom. The molecule has 0 atom stereocenters. The predicted octanol–water partition coefficient (Wildman–Crippen LogP) is 9.31. The van der Waals surface area contributed by atoms with E-state index in [1.165, 1.54) is 0 Å². The van der Waals surface area contributed by atoms with Crippen LogP contribution in [0.4, 0.5) is 0 Å². The molecule has 6 aromatic carbocycles. The third-order valence-electron chi connectivity index (χ3n) is 8.41. The zero-order valence-electron chi connectivity index (χ0n) is 24.5. The van der Waals surface area contributed by atoms with Crippen LogP contribution in [0.2, 0.25) is 0 Å². The average molecular weight is 610 g/mol. The van der Waals surface area contributed by atoms with Gasteiger partial charge in [0.1, 0.15) is 33.8 Å². The van der Waals surface area contributed by atoms with Crippen molar-refractivity contribution in [2.45, 2.75) is 0 Å². The summed E-state index contributed by atoms with van der Waals surface area (Å²) in [6, 6.07) is 42.8. The van der Waals surface area contributed by atoms with Crippen LogP contribution in [-0.2, 0) is 0 Å². The largest absolute Gasteiger partial charge is 1.20 e. The maximum absolute atomic E-state index is 6.84. The Hall–Kier alpha value is -5.74. The number of fused-ring (bicyclic) bond motifs is 9. The molecule has 0 radical (unpaired) electrons.